The van der Waals surface area contributed by atoms with Crippen LogP contribution in [0.3, 0.4) is 0 Å². The van der Waals surface area contributed by atoms with Crippen LogP contribution in [-0.4, -0.2) is 25.4 Å². The second kappa shape index (κ2) is 7.52. The smallest absolute Gasteiger partial charge is 0.523 e. The Hall–Kier alpha value is -2.24. The molecule has 0 saturated carbocycles. The van der Waals surface area contributed by atoms with E-state index in [1.807, 2.05) is 30.3 Å². The van der Waals surface area contributed by atoms with Crippen LogP contribution in [0.1, 0.15) is 24.8 Å². The number of benzene rings is 1. The van der Waals surface area contributed by atoms with Gasteiger partial charge in [-0.15, -0.1) is 0 Å². The van der Waals surface area contributed by atoms with E-state index in [0.29, 0.717) is 31.6 Å². The maximum Gasteiger partial charge on any atom is 0.695 e. The number of carbonyl (C=O) groups is 2. The number of hydrogen-bond donors (Lipinski definition) is 1. The van der Waals surface area contributed by atoms with Gasteiger partial charge in [0.15, 0.2) is 0 Å². The van der Waals surface area contributed by atoms with Gasteiger partial charge in [-0.3, -0.25) is 9.59 Å². The molecule has 2 rings (SSSR count). The topological polar surface area (TPSA) is 64.6 Å². The molecule has 0 spiro atoms. The van der Waals surface area contributed by atoms with Gasteiger partial charge in [-0.1, -0.05) is 36.9 Å². The zero-order valence-electron chi connectivity index (χ0n) is 11.8. The third-order valence-corrected chi connectivity index (χ3v) is 3.12. The van der Waals surface area contributed by atoms with E-state index in [4.69, 9.17) is 9.31 Å². The van der Waals surface area contributed by atoms with Crippen molar-refractivity contribution in [2.24, 2.45) is 0 Å². The zero-order chi connectivity index (χ0) is 15.1. The fourth-order valence-corrected chi connectivity index (χ4v) is 2.01. The first-order valence-electron chi connectivity index (χ1n) is 7.01. The highest BCUT2D eigenvalue weighted by atomic mass is 16.6. The van der Waals surface area contributed by atoms with Crippen LogP contribution in [0.25, 0.3) is 0 Å². The summed E-state index contributed by atoms with van der Waals surface area (Å²) >= 11 is 0. The van der Waals surface area contributed by atoms with E-state index in [-0.39, 0.29) is 6.42 Å². The lowest BCUT2D eigenvalue weighted by atomic mass is 9.87. The van der Waals surface area contributed by atoms with Crippen molar-refractivity contribution in [3.63, 3.8) is 0 Å². The molecule has 0 aliphatic carbocycles. The van der Waals surface area contributed by atoms with Crippen LogP contribution in [0.15, 0.2) is 42.7 Å². The van der Waals surface area contributed by atoms with Crippen molar-refractivity contribution in [3.05, 3.63) is 48.2 Å². The molecule has 6 heteroatoms. The van der Waals surface area contributed by atoms with Crippen LogP contribution in [0.2, 0.25) is 0 Å². The summed E-state index contributed by atoms with van der Waals surface area (Å²) in [4.78, 5) is 23.4. The van der Waals surface area contributed by atoms with Crippen molar-refractivity contribution in [3.8, 4) is 0 Å². The van der Waals surface area contributed by atoms with Crippen molar-refractivity contribution < 1.29 is 18.9 Å². The minimum Gasteiger partial charge on any atom is -0.523 e. The minimum atomic E-state index is -1.24. The molecule has 1 aromatic carbocycles. The average Bonchev–Trinajstić information content (AvgIpc) is 2.45. The molecular weight excluding hydrogens is 269 g/mol. The largest absolute Gasteiger partial charge is 0.695 e. The fraction of sp³-hybridized carbons (Fsp3) is 0.333. The Morgan fingerprint density at radius 2 is 2.00 bits per heavy atom. The highest BCUT2D eigenvalue weighted by Gasteiger charge is 2.36. The van der Waals surface area contributed by atoms with E-state index in [1.165, 1.54) is 0 Å². The standard InChI is InChI=1S/C15H18BNO4/c1-12-6-5-9-14(18)21-16(20-12)15(19)17-11-10-13-7-3-2-4-8-13/h2-4,7-8H,1,5-6,9-11H2,(H,17,19). The lowest BCUT2D eigenvalue weighted by Crippen LogP contribution is -2.44. The van der Waals surface area contributed by atoms with Gasteiger partial charge in [0.2, 0.25) is 0 Å². The zero-order valence-corrected chi connectivity index (χ0v) is 11.8. The van der Waals surface area contributed by atoms with Gasteiger partial charge in [-0.2, -0.15) is 0 Å². The maximum atomic E-state index is 12.0. The second-order valence-electron chi connectivity index (χ2n) is 4.86. The van der Waals surface area contributed by atoms with E-state index in [9.17, 15) is 9.59 Å². The lowest BCUT2D eigenvalue weighted by Gasteiger charge is -2.19. The summed E-state index contributed by atoms with van der Waals surface area (Å²) in [5, 5.41) is 2.71. The summed E-state index contributed by atoms with van der Waals surface area (Å²) in [7, 11) is -1.24. The van der Waals surface area contributed by atoms with E-state index in [0.717, 1.165) is 5.56 Å². The normalized spacial score (nSPS) is 15.5. The number of carbonyl (C=O) groups excluding carboxylic acids is 2. The Bertz CT molecular complexity index is 500. The van der Waals surface area contributed by atoms with Gasteiger partial charge < -0.3 is 14.6 Å². The van der Waals surface area contributed by atoms with Crippen molar-refractivity contribution in [1.29, 1.82) is 0 Å². The molecule has 1 N–H and O–H groups in total. The average molecular weight is 287 g/mol. The molecule has 1 amide bonds. The first-order chi connectivity index (χ1) is 10.1. The quantitative estimate of drug-likeness (QED) is 0.863. The predicted octanol–water partition coefficient (Wildman–Crippen LogP) is 2.27. The van der Waals surface area contributed by atoms with Crippen molar-refractivity contribution >= 4 is 18.9 Å². The number of rotatable bonds is 4. The molecule has 1 aromatic rings. The Kier molecular flexibility index (Phi) is 5.43. The fourth-order valence-electron chi connectivity index (χ4n) is 2.01. The first-order valence-corrected chi connectivity index (χ1v) is 7.01. The molecule has 1 aliphatic heterocycles. The summed E-state index contributed by atoms with van der Waals surface area (Å²) in [6.07, 6.45) is 2.16. The molecule has 110 valence electrons. The third kappa shape index (κ3) is 4.98. The molecule has 1 saturated heterocycles. The van der Waals surface area contributed by atoms with Crippen molar-refractivity contribution in [1.82, 2.24) is 5.32 Å². The maximum absolute atomic E-state index is 12.0. The highest BCUT2D eigenvalue weighted by Crippen LogP contribution is 2.14. The molecule has 0 radical (unpaired) electrons. The Morgan fingerprint density at radius 1 is 1.24 bits per heavy atom. The summed E-state index contributed by atoms with van der Waals surface area (Å²) in [6, 6.07) is 9.80. The van der Waals surface area contributed by atoms with Gasteiger partial charge in [0.1, 0.15) is 0 Å². The minimum absolute atomic E-state index is 0.274. The van der Waals surface area contributed by atoms with Gasteiger partial charge in [-0.05, 0) is 18.4 Å². The SMILES string of the molecule is C=C1CCCC(=O)OB(C(=O)NCCc2ccccc2)O1. The van der Waals surface area contributed by atoms with E-state index in [1.54, 1.807) is 0 Å². The van der Waals surface area contributed by atoms with Gasteiger partial charge in [0.05, 0.1) is 5.76 Å². The Morgan fingerprint density at radius 3 is 2.76 bits per heavy atom. The van der Waals surface area contributed by atoms with Crippen LogP contribution >= 0.6 is 0 Å². The molecular formula is C15H18BNO4. The molecule has 21 heavy (non-hydrogen) atoms. The Labute approximate surface area is 124 Å². The molecule has 0 aromatic heterocycles. The third-order valence-electron chi connectivity index (χ3n) is 3.12. The number of allylic oxidation sites excluding steroid dienone is 1. The van der Waals surface area contributed by atoms with E-state index in [2.05, 4.69) is 11.9 Å². The van der Waals surface area contributed by atoms with Gasteiger partial charge >= 0.3 is 7.12 Å². The summed E-state index contributed by atoms with van der Waals surface area (Å²) in [5.74, 6) is -0.418. The number of amides is 1. The van der Waals surface area contributed by atoms with Crippen LogP contribution < -0.4 is 5.32 Å². The summed E-state index contributed by atoms with van der Waals surface area (Å²) in [5.41, 5.74) is 1.12. The highest BCUT2D eigenvalue weighted by molar-refractivity contribution is 6.81. The molecule has 0 atom stereocenters. The van der Waals surface area contributed by atoms with Crippen molar-refractivity contribution in [2.75, 3.05) is 6.54 Å². The van der Waals surface area contributed by atoms with Gasteiger partial charge in [-0.25, -0.2) is 0 Å². The predicted molar refractivity (Wildman–Crippen MR) is 79.5 cm³/mol. The molecule has 0 bridgehead atoms. The van der Waals surface area contributed by atoms with Crippen LogP contribution in [0, 0.1) is 0 Å². The lowest BCUT2D eigenvalue weighted by molar-refractivity contribution is -0.136. The first kappa shape index (κ1) is 15.2. The summed E-state index contributed by atoms with van der Waals surface area (Å²) in [6.45, 7) is 4.16. The number of nitrogens with one attached hydrogen (secondary N) is 1. The molecule has 1 fully saturated rings. The van der Waals surface area contributed by atoms with Crippen LogP contribution in [0.5, 0.6) is 0 Å². The van der Waals surface area contributed by atoms with Crippen LogP contribution in [-0.2, 0) is 20.5 Å². The molecule has 1 aliphatic rings. The molecule has 5 nitrogen and oxygen atoms in total. The second-order valence-corrected chi connectivity index (χ2v) is 4.86. The molecule has 0 unspecified atom stereocenters. The monoisotopic (exact) mass is 287 g/mol. The van der Waals surface area contributed by atoms with Gasteiger partial charge in [0, 0.05) is 19.4 Å². The number of hydrogen-bond acceptors (Lipinski definition) is 4. The Balaban J connectivity index is 1.83. The van der Waals surface area contributed by atoms with Crippen molar-refractivity contribution in [2.45, 2.75) is 25.7 Å². The van der Waals surface area contributed by atoms with E-state index >= 15 is 0 Å². The van der Waals surface area contributed by atoms with Gasteiger partial charge in [0.25, 0.3) is 11.8 Å². The van der Waals surface area contributed by atoms with Crippen LogP contribution in [0.4, 0.5) is 4.79 Å². The molecule has 1 heterocycles. The van der Waals surface area contributed by atoms with E-state index < -0.39 is 18.9 Å². The summed E-state index contributed by atoms with van der Waals surface area (Å²) < 4.78 is 10.3.